The van der Waals surface area contributed by atoms with E-state index < -0.39 is 11.1 Å². The van der Waals surface area contributed by atoms with Gasteiger partial charge in [-0.25, -0.2) is 0 Å². The van der Waals surface area contributed by atoms with Gasteiger partial charge in [-0.1, -0.05) is 117 Å². The zero-order valence-corrected chi connectivity index (χ0v) is 28.4. The van der Waals surface area contributed by atoms with E-state index in [1.807, 2.05) is 24.0 Å². The summed E-state index contributed by atoms with van der Waals surface area (Å²) < 4.78 is 0. The van der Waals surface area contributed by atoms with Crippen molar-refractivity contribution in [3.8, 4) is 0 Å². The van der Waals surface area contributed by atoms with Crippen molar-refractivity contribution in [2.75, 3.05) is 0 Å². The molecule has 1 N–H and O–H groups in total. The lowest BCUT2D eigenvalue weighted by atomic mass is 9.69. The molecule has 5 heteroatoms. The summed E-state index contributed by atoms with van der Waals surface area (Å²) in [5, 5.41) is 3.83. The molecule has 43 heavy (non-hydrogen) atoms. The summed E-state index contributed by atoms with van der Waals surface area (Å²) in [6, 6.07) is 8.21. The predicted molar refractivity (Wildman–Crippen MR) is 176 cm³/mol. The Bertz CT molecular complexity index is 1120. The molecule has 3 aliphatic rings. The number of carbonyl (C=O) groups is 3. The second-order valence-electron chi connectivity index (χ2n) is 15.5. The van der Waals surface area contributed by atoms with Crippen LogP contribution in [0.1, 0.15) is 161 Å². The van der Waals surface area contributed by atoms with Gasteiger partial charge in [0.2, 0.25) is 5.91 Å². The van der Waals surface area contributed by atoms with Crippen LogP contribution < -0.4 is 5.32 Å². The Morgan fingerprint density at radius 1 is 0.814 bits per heavy atom. The quantitative estimate of drug-likeness (QED) is 0.218. The summed E-state index contributed by atoms with van der Waals surface area (Å²) in [4.78, 5) is 44.7. The summed E-state index contributed by atoms with van der Waals surface area (Å²) in [6.07, 6.45) is 15.0. The minimum absolute atomic E-state index is 0.0271. The first kappa shape index (κ1) is 33.9. The van der Waals surface area contributed by atoms with Gasteiger partial charge in [0.25, 0.3) is 0 Å². The fraction of sp³-hybridized carbons (Fsp3) is 0.763. The number of ketones is 2. The molecule has 6 atom stereocenters. The number of nitrogens with one attached hydrogen (secondary N) is 1. The maximum atomic E-state index is 14.9. The third kappa shape index (κ3) is 7.13. The fourth-order valence-electron chi connectivity index (χ4n) is 8.33. The monoisotopic (exact) mass is 592 g/mol. The van der Waals surface area contributed by atoms with E-state index in [9.17, 15) is 14.4 Å². The average molecular weight is 593 g/mol. The third-order valence-corrected chi connectivity index (χ3v) is 11.2. The third-order valence-electron chi connectivity index (χ3n) is 11.2. The van der Waals surface area contributed by atoms with Crippen molar-refractivity contribution in [3.63, 3.8) is 0 Å². The number of rotatable bonds is 10. The Kier molecular flexibility index (Phi) is 11.0. The van der Waals surface area contributed by atoms with E-state index in [1.54, 1.807) is 0 Å². The normalized spacial score (nSPS) is 28.2. The van der Waals surface area contributed by atoms with Crippen molar-refractivity contribution in [2.45, 2.75) is 173 Å². The van der Waals surface area contributed by atoms with Crippen LogP contribution >= 0.6 is 0 Å². The van der Waals surface area contributed by atoms with Gasteiger partial charge in [0.1, 0.15) is 0 Å². The Morgan fingerprint density at radius 3 is 1.98 bits per heavy atom. The lowest BCUT2D eigenvalue weighted by Gasteiger charge is -2.57. The van der Waals surface area contributed by atoms with Gasteiger partial charge in [-0.05, 0) is 63.4 Å². The number of β-lactam (4-membered cyclic amide) rings is 1. The number of likely N-dealkylation sites (tertiary alicyclic amines) is 1. The second-order valence-corrected chi connectivity index (χ2v) is 15.5. The predicted octanol–water partition coefficient (Wildman–Crippen LogP) is 8.57. The Morgan fingerprint density at radius 2 is 1.40 bits per heavy atom. The van der Waals surface area contributed by atoms with Gasteiger partial charge in [0.05, 0.1) is 17.0 Å². The zero-order valence-electron chi connectivity index (χ0n) is 28.4. The molecule has 2 saturated carbocycles. The molecule has 0 radical (unpaired) electrons. The van der Waals surface area contributed by atoms with E-state index in [0.29, 0.717) is 12.8 Å². The summed E-state index contributed by atoms with van der Waals surface area (Å²) >= 11 is 0. The first-order chi connectivity index (χ1) is 20.4. The molecule has 6 unspecified atom stereocenters. The molecular formula is C38H60N2O3. The molecule has 0 spiro atoms. The van der Waals surface area contributed by atoms with Gasteiger partial charge in [0.15, 0.2) is 11.6 Å². The largest absolute Gasteiger partial charge is 0.326 e. The molecule has 1 aromatic carbocycles. The number of benzene rings is 1. The zero-order chi connectivity index (χ0) is 31.4. The number of carbonyl (C=O) groups excluding carboxylic acids is 3. The first-order valence-corrected chi connectivity index (χ1v) is 17.7. The van der Waals surface area contributed by atoms with Crippen LogP contribution in [0.25, 0.3) is 0 Å². The Labute approximate surface area is 262 Å². The van der Waals surface area contributed by atoms with Gasteiger partial charge in [-0.15, -0.1) is 0 Å². The minimum Gasteiger partial charge on any atom is -0.326 e. The Balaban J connectivity index is 1.62. The van der Waals surface area contributed by atoms with Crippen LogP contribution in [0.5, 0.6) is 0 Å². The molecule has 0 bridgehead atoms. The molecule has 1 aromatic rings. The smallest absolute Gasteiger partial charge is 0.228 e. The molecule has 1 saturated heterocycles. The van der Waals surface area contributed by atoms with Crippen LogP contribution in [0.4, 0.5) is 0 Å². The summed E-state index contributed by atoms with van der Waals surface area (Å²) in [6.45, 7) is 14.9. The molecule has 5 nitrogen and oxygen atoms in total. The molecular weight excluding hydrogens is 532 g/mol. The topological polar surface area (TPSA) is 66.5 Å². The molecule has 2 aliphatic carbocycles. The molecule has 0 aromatic heterocycles. The van der Waals surface area contributed by atoms with E-state index in [-0.39, 0.29) is 46.8 Å². The van der Waals surface area contributed by atoms with E-state index >= 15 is 0 Å². The molecule has 1 heterocycles. The Hall–Kier alpha value is -2.01. The number of hydrogen-bond acceptors (Lipinski definition) is 4. The van der Waals surface area contributed by atoms with Gasteiger partial charge in [-0.3, -0.25) is 14.4 Å². The lowest BCUT2D eigenvalue weighted by Crippen LogP contribution is -2.72. The van der Waals surface area contributed by atoms with Crippen molar-refractivity contribution in [1.29, 1.82) is 0 Å². The second kappa shape index (κ2) is 14.0. The molecule has 4 rings (SSSR count). The van der Waals surface area contributed by atoms with Crippen LogP contribution in [0.15, 0.2) is 24.3 Å². The average Bonchev–Trinajstić information content (AvgIpc) is 2.95. The van der Waals surface area contributed by atoms with Gasteiger partial charge >= 0.3 is 0 Å². The van der Waals surface area contributed by atoms with Crippen molar-refractivity contribution >= 4 is 17.5 Å². The highest BCUT2D eigenvalue weighted by Gasteiger charge is 2.57. The molecule has 3 fully saturated rings. The summed E-state index contributed by atoms with van der Waals surface area (Å²) in [7, 11) is 0. The van der Waals surface area contributed by atoms with E-state index in [0.717, 1.165) is 76.2 Å². The highest BCUT2D eigenvalue weighted by Crippen LogP contribution is 2.45. The van der Waals surface area contributed by atoms with Crippen molar-refractivity contribution in [1.82, 2.24) is 10.2 Å². The lowest BCUT2D eigenvalue weighted by molar-refractivity contribution is -0.177. The maximum absolute atomic E-state index is 14.9. The standard InChI is InChI=1S/C38H60N2O3/c1-8-26-38(7,40-32-21-17-13-11-15-19-30(32)35(40)43)34(42)29-18-14-10-12-16-20-31(29)39-37(6,9-2)33(41)27-22-24-28(25-23-27)36(3,4)5/h22-25,29-32,39H,8-21,26H2,1-7H3. The number of hydrogen-bond donors (Lipinski definition) is 1. The van der Waals surface area contributed by atoms with Gasteiger partial charge in [0, 0.05) is 23.6 Å². The van der Waals surface area contributed by atoms with Gasteiger partial charge < -0.3 is 10.2 Å². The number of fused-ring (bicyclic) bond motifs is 1. The fourth-order valence-corrected chi connectivity index (χ4v) is 8.33. The van der Waals surface area contributed by atoms with E-state index in [1.165, 1.54) is 18.4 Å². The van der Waals surface area contributed by atoms with E-state index in [2.05, 4.69) is 59.0 Å². The van der Waals surface area contributed by atoms with Crippen molar-refractivity contribution < 1.29 is 14.4 Å². The molecule has 240 valence electrons. The van der Waals surface area contributed by atoms with Crippen molar-refractivity contribution in [2.24, 2.45) is 11.8 Å². The minimum atomic E-state index is -0.786. The van der Waals surface area contributed by atoms with Crippen LogP contribution in [-0.2, 0) is 15.0 Å². The number of Topliss-reactive ketones (excluding diaryl/α,β-unsaturated/α-hetero) is 2. The SMILES string of the molecule is CCCC(C)(C(=O)C1CCCCCCC1NC(C)(CC)C(=O)c1ccc(C(C)(C)C)cc1)N1C(=O)C2CCCCCCC21. The summed E-state index contributed by atoms with van der Waals surface area (Å²) in [5.74, 6) is 0.414. The highest BCUT2D eigenvalue weighted by molar-refractivity contribution is 6.03. The number of nitrogens with zero attached hydrogens (tertiary/aromatic N) is 1. The summed E-state index contributed by atoms with van der Waals surface area (Å²) in [5.41, 5.74) is 0.397. The highest BCUT2D eigenvalue weighted by atomic mass is 16.2. The van der Waals surface area contributed by atoms with Crippen LogP contribution in [0.3, 0.4) is 0 Å². The maximum Gasteiger partial charge on any atom is 0.228 e. The van der Waals surface area contributed by atoms with Crippen LogP contribution in [0.2, 0.25) is 0 Å². The van der Waals surface area contributed by atoms with Crippen LogP contribution in [0, 0.1) is 11.8 Å². The van der Waals surface area contributed by atoms with Gasteiger partial charge in [-0.2, -0.15) is 0 Å². The molecule has 1 aliphatic heterocycles. The van der Waals surface area contributed by atoms with E-state index in [4.69, 9.17) is 0 Å². The van der Waals surface area contributed by atoms with Crippen molar-refractivity contribution in [3.05, 3.63) is 35.4 Å². The van der Waals surface area contributed by atoms with Crippen LogP contribution in [-0.4, -0.2) is 45.5 Å². The molecule has 1 amide bonds. The first-order valence-electron chi connectivity index (χ1n) is 17.7. The number of amides is 1.